The number of anilines is 1. The molecule has 20 heavy (non-hydrogen) atoms. The number of sulfonamides is 1. The van der Waals surface area contributed by atoms with Crippen LogP contribution in [-0.2, 0) is 14.8 Å². The number of hydrogen-bond acceptors (Lipinski definition) is 3. The summed E-state index contributed by atoms with van der Waals surface area (Å²) in [5, 5.41) is 1.94. The summed E-state index contributed by atoms with van der Waals surface area (Å²) < 4.78 is 40.2. The highest BCUT2D eigenvalue weighted by Crippen LogP contribution is 2.30. The van der Waals surface area contributed by atoms with Gasteiger partial charge in [-0.25, -0.2) is 17.5 Å². The predicted octanol–water partition coefficient (Wildman–Crippen LogP) is 2.04. The van der Waals surface area contributed by atoms with Crippen molar-refractivity contribution in [3.05, 3.63) is 35.6 Å². The molecule has 0 atom stereocenters. The van der Waals surface area contributed by atoms with Gasteiger partial charge >= 0.3 is 0 Å². The summed E-state index contributed by atoms with van der Waals surface area (Å²) in [6.45, 7) is 3.23. The zero-order valence-electron chi connectivity index (χ0n) is 10.3. The molecule has 108 valence electrons. The molecule has 0 aromatic heterocycles. The predicted molar refractivity (Wildman–Crippen MR) is 73.6 cm³/mol. The van der Waals surface area contributed by atoms with E-state index >= 15 is 0 Å². The van der Waals surface area contributed by atoms with Gasteiger partial charge in [0, 0.05) is 6.04 Å². The molecule has 0 spiro atoms. The van der Waals surface area contributed by atoms with Crippen molar-refractivity contribution >= 4 is 33.2 Å². The maximum Gasteiger partial charge on any atom is 0.247 e. The van der Waals surface area contributed by atoms with E-state index in [1.807, 2.05) is 0 Å². The summed E-state index contributed by atoms with van der Waals surface area (Å²) in [7, 11) is -3.84. The molecule has 1 aliphatic rings. The number of benzene rings is 1. The summed E-state index contributed by atoms with van der Waals surface area (Å²) in [6.07, 6.45) is 2.47. The lowest BCUT2D eigenvalue weighted by Gasteiger charge is -2.11. The minimum Gasteiger partial charge on any atom is -0.320 e. The Bertz CT molecular complexity index is 672. The van der Waals surface area contributed by atoms with Crippen LogP contribution in [0.3, 0.4) is 0 Å². The second-order valence-electron chi connectivity index (χ2n) is 4.35. The Labute approximate surface area is 120 Å². The number of amides is 1. The molecule has 1 aromatic rings. The van der Waals surface area contributed by atoms with Crippen LogP contribution >= 0.6 is 11.6 Å². The van der Waals surface area contributed by atoms with Crippen LogP contribution in [-0.4, -0.2) is 20.4 Å². The highest BCUT2D eigenvalue weighted by atomic mass is 35.5. The molecular formula is C12H12ClFN2O3S. The largest absolute Gasteiger partial charge is 0.320 e. The molecule has 8 heteroatoms. The Morgan fingerprint density at radius 3 is 2.65 bits per heavy atom. The van der Waals surface area contributed by atoms with Gasteiger partial charge in [0.25, 0.3) is 0 Å². The van der Waals surface area contributed by atoms with Gasteiger partial charge in [-0.3, -0.25) is 4.79 Å². The highest BCUT2D eigenvalue weighted by Gasteiger charge is 2.30. The third kappa shape index (κ3) is 3.36. The van der Waals surface area contributed by atoms with E-state index in [9.17, 15) is 17.6 Å². The third-order valence-electron chi connectivity index (χ3n) is 2.65. The molecule has 1 aliphatic carbocycles. The quantitative estimate of drug-likeness (QED) is 0.816. The van der Waals surface area contributed by atoms with E-state index in [4.69, 9.17) is 11.6 Å². The zero-order valence-corrected chi connectivity index (χ0v) is 11.9. The minimum atomic E-state index is -3.84. The van der Waals surface area contributed by atoms with Crippen LogP contribution in [0.15, 0.2) is 29.7 Å². The van der Waals surface area contributed by atoms with Crippen molar-refractivity contribution in [2.75, 3.05) is 5.32 Å². The van der Waals surface area contributed by atoms with Crippen LogP contribution in [0.1, 0.15) is 12.8 Å². The Morgan fingerprint density at radius 2 is 2.10 bits per heavy atom. The first kappa shape index (κ1) is 15.0. The lowest BCUT2D eigenvalue weighted by atomic mass is 10.3. The third-order valence-corrected chi connectivity index (χ3v) is 4.64. The van der Waals surface area contributed by atoms with Crippen molar-refractivity contribution in [1.29, 1.82) is 0 Å². The van der Waals surface area contributed by atoms with E-state index in [-0.39, 0.29) is 21.6 Å². The van der Waals surface area contributed by atoms with Gasteiger partial charge in [0.15, 0.2) is 0 Å². The van der Waals surface area contributed by atoms with Crippen molar-refractivity contribution in [3.63, 3.8) is 0 Å². The molecule has 0 radical (unpaired) electrons. The molecular weight excluding hydrogens is 307 g/mol. The van der Waals surface area contributed by atoms with Gasteiger partial charge in [-0.05, 0) is 31.1 Å². The number of carbonyl (C=O) groups excluding carboxylic acids is 1. The van der Waals surface area contributed by atoms with Crippen LogP contribution < -0.4 is 10.0 Å². The van der Waals surface area contributed by atoms with E-state index in [1.165, 1.54) is 0 Å². The van der Waals surface area contributed by atoms with Crippen LogP contribution in [0.25, 0.3) is 0 Å². The lowest BCUT2D eigenvalue weighted by Crippen LogP contribution is -2.26. The maximum absolute atomic E-state index is 13.6. The molecule has 1 saturated carbocycles. The molecule has 0 saturated heterocycles. The summed E-state index contributed by atoms with van der Waals surface area (Å²) in [6, 6.07) is 1.73. The van der Waals surface area contributed by atoms with Crippen LogP contribution in [0, 0.1) is 5.82 Å². The number of nitrogens with one attached hydrogen (secondary N) is 2. The number of carbonyl (C=O) groups is 1. The van der Waals surface area contributed by atoms with Gasteiger partial charge in [0.1, 0.15) is 10.7 Å². The van der Waals surface area contributed by atoms with Crippen molar-refractivity contribution in [2.24, 2.45) is 0 Å². The molecule has 1 fully saturated rings. The van der Waals surface area contributed by atoms with Crippen LogP contribution in [0.4, 0.5) is 10.1 Å². The summed E-state index contributed by atoms with van der Waals surface area (Å²) >= 11 is 5.77. The smallest absolute Gasteiger partial charge is 0.247 e. The first-order valence-electron chi connectivity index (χ1n) is 5.78. The SMILES string of the molecule is C=CC(=O)Nc1cc(S(=O)(=O)NC2CC2)c(Cl)cc1F. The van der Waals surface area contributed by atoms with Crippen molar-refractivity contribution in [2.45, 2.75) is 23.8 Å². The van der Waals surface area contributed by atoms with E-state index in [0.29, 0.717) is 0 Å². The summed E-state index contributed by atoms with van der Waals surface area (Å²) in [4.78, 5) is 10.9. The van der Waals surface area contributed by atoms with Crippen LogP contribution in [0.2, 0.25) is 5.02 Å². The van der Waals surface area contributed by atoms with Crippen molar-refractivity contribution in [3.8, 4) is 0 Å². The normalized spacial score (nSPS) is 14.9. The second-order valence-corrected chi connectivity index (χ2v) is 6.44. The minimum absolute atomic E-state index is 0.104. The van der Waals surface area contributed by atoms with Crippen molar-refractivity contribution < 1.29 is 17.6 Å². The Kier molecular flexibility index (Phi) is 4.12. The molecule has 5 nitrogen and oxygen atoms in total. The van der Waals surface area contributed by atoms with Gasteiger partial charge in [0.05, 0.1) is 10.7 Å². The Morgan fingerprint density at radius 1 is 1.45 bits per heavy atom. The number of rotatable bonds is 5. The fourth-order valence-electron chi connectivity index (χ4n) is 1.50. The van der Waals surface area contributed by atoms with Gasteiger partial charge in [-0.2, -0.15) is 0 Å². The molecule has 2 N–H and O–H groups in total. The molecule has 0 aliphatic heterocycles. The van der Waals surface area contributed by atoms with Gasteiger partial charge < -0.3 is 5.32 Å². The van der Waals surface area contributed by atoms with Crippen molar-refractivity contribution in [1.82, 2.24) is 4.72 Å². The molecule has 1 aromatic carbocycles. The summed E-state index contributed by atoms with van der Waals surface area (Å²) in [5.74, 6) is -1.47. The van der Waals surface area contributed by atoms with Gasteiger partial charge in [0.2, 0.25) is 15.9 Å². The molecule has 1 amide bonds. The van der Waals surface area contributed by atoms with Gasteiger partial charge in [-0.15, -0.1) is 0 Å². The van der Waals surface area contributed by atoms with E-state index in [2.05, 4.69) is 16.6 Å². The molecule has 0 unspecified atom stereocenters. The van der Waals surface area contributed by atoms with Gasteiger partial charge in [-0.1, -0.05) is 18.2 Å². The average Bonchev–Trinajstić information content (AvgIpc) is 3.15. The average molecular weight is 319 g/mol. The van der Waals surface area contributed by atoms with Crippen LogP contribution in [0.5, 0.6) is 0 Å². The first-order chi connectivity index (χ1) is 9.33. The second kappa shape index (κ2) is 5.51. The van der Waals surface area contributed by atoms with E-state index < -0.39 is 21.7 Å². The number of hydrogen-bond donors (Lipinski definition) is 2. The zero-order chi connectivity index (χ0) is 14.9. The van der Waals surface area contributed by atoms with E-state index in [1.54, 1.807) is 0 Å². The first-order valence-corrected chi connectivity index (χ1v) is 7.64. The van der Waals surface area contributed by atoms with E-state index in [0.717, 1.165) is 31.1 Å². The number of halogens is 2. The fourth-order valence-corrected chi connectivity index (χ4v) is 3.34. The molecule has 2 rings (SSSR count). The lowest BCUT2D eigenvalue weighted by molar-refractivity contribution is -0.111. The highest BCUT2D eigenvalue weighted by molar-refractivity contribution is 7.89. The maximum atomic E-state index is 13.6. The fraction of sp³-hybridized carbons (Fsp3) is 0.250. The molecule has 0 heterocycles. The Hall–Kier alpha value is -1.44. The molecule has 0 bridgehead atoms. The standard InChI is InChI=1S/C12H12ClFN2O3S/c1-2-12(17)15-10-6-11(8(13)5-9(10)14)20(18,19)16-7-3-4-7/h2,5-7,16H,1,3-4H2,(H,15,17). The Balaban J connectivity index is 2.39. The summed E-state index contributed by atoms with van der Waals surface area (Å²) in [5.41, 5.74) is -0.268. The monoisotopic (exact) mass is 318 g/mol. The topological polar surface area (TPSA) is 75.3 Å².